The van der Waals surface area contributed by atoms with Gasteiger partial charge in [-0.05, 0) is 0 Å². The van der Waals surface area contributed by atoms with E-state index in [1.807, 2.05) is 0 Å². The Hall–Kier alpha value is 1.46. The summed E-state index contributed by atoms with van der Waals surface area (Å²) in [5.74, 6) is 0. The number of halogens is 2. The molecule has 1 saturated carbocycles. The van der Waals surface area contributed by atoms with E-state index in [-0.39, 0.29) is 0 Å². The van der Waals surface area contributed by atoms with E-state index in [2.05, 4.69) is 32.5 Å². The van der Waals surface area contributed by atoms with Gasteiger partial charge in [0.25, 0.3) is 0 Å². The molecule has 0 radical (unpaired) electrons. The molecule has 0 bridgehead atoms. The second-order valence-corrected chi connectivity index (χ2v) is 8.58. The number of alkyl halides is 1. The summed E-state index contributed by atoms with van der Waals surface area (Å²) >= 11 is 3.13. The van der Waals surface area contributed by atoms with Crippen LogP contribution in [0.2, 0.25) is 0 Å². The van der Waals surface area contributed by atoms with Gasteiger partial charge in [0.15, 0.2) is 0 Å². The second-order valence-electron chi connectivity index (χ2n) is 3.45. The Kier molecular flexibility index (Phi) is 3.74. The average Bonchev–Trinajstić information content (AvgIpc) is 2.32. The van der Waals surface area contributed by atoms with Crippen LogP contribution >= 0.6 is 18.6 Å². The Morgan fingerprint density at radius 2 is 2.40 bits per heavy atom. The molecule has 1 fully saturated rings. The summed E-state index contributed by atoms with van der Waals surface area (Å²) in [6.07, 6.45) is 5.93. The standard InChI is InChI=1S/C8H15I2/c1-3-8(2)6-4-5-7(8)10-9/h7H,3-6H2,1-2H3/q-1. The first-order valence-corrected chi connectivity index (χ1v) is 11.5. The topological polar surface area (TPSA) is 0 Å². The molecule has 1 rings (SSSR count). The van der Waals surface area contributed by atoms with E-state index >= 15 is 0 Å². The van der Waals surface area contributed by atoms with Crippen LogP contribution in [0.5, 0.6) is 0 Å². The molecule has 2 atom stereocenters. The molecule has 0 aromatic rings. The van der Waals surface area contributed by atoms with E-state index < -0.39 is 0 Å². The zero-order chi connectivity index (χ0) is 7.61. The van der Waals surface area contributed by atoms with Crippen LogP contribution in [-0.4, -0.2) is 3.92 Å². The molecule has 0 N–H and O–H groups in total. The van der Waals surface area contributed by atoms with E-state index in [1.54, 1.807) is 0 Å². The van der Waals surface area contributed by atoms with Gasteiger partial charge in [0.2, 0.25) is 0 Å². The van der Waals surface area contributed by atoms with E-state index in [1.165, 1.54) is 25.7 Å². The molecule has 0 nitrogen and oxygen atoms in total. The summed E-state index contributed by atoms with van der Waals surface area (Å²) in [6.45, 7) is 4.84. The van der Waals surface area contributed by atoms with Gasteiger partial charge in [-0.1, -0.05) is 0 Å². The zero-order valence-electron chi connectivity index (χ0n) is 6.66. The summed E-state index contributed by atoms with van der Waals surface area (Å²) in [5.41, 5.74) is 0.745. The molecule has 2 unspecified atom stereocenters. The average molecular weight is 365 g/mol. The Bertz CT molecular complexity index is 114. The second kappa shape index (κ2) is 3.92. The molecule has 0 aromatic heterocycles. The van der Waals surface area contributed by atoms with E-state index in [4.69, 9.17) is 0 Å². The van der Waals surface area contributed by atoms with Crippen LogP contribution in [0.15, 0.2) is 0 Å². The van der Waals surface area contributed by atoms with Gasteiger partial charge < -0.3 is 0 Å². The van der Waals surface area contributed by atoms with Gasteiger partial charge in [-0.25, -0.2) is 0 Å². The van der Waals surface area contributed by atoms with E-state index in [0.29, 0.717) is 17.2 Å². The summed E-state index contributed by atoms with van der Waals surface area (Å²) in [6, 6.07) is 0. The molecule has 10 heavy (non-hydrogen) atoms. The number of rotatable bonds is 2. The van der Waals surface area contributed by atoms with Crippen molar-refractivity contribution < 1.29 is 17.2 Å². The van der Waals surface area contributed by atoms with Crippen LogP contribution in [-0.2, 0) is 0 Å². The van der Waals surface area contributed by atoms with Gasteiger partial charge in [-0.3, -0.25) is 0 Å². The van der Waals surface area contributed by atoms with Crippen molar-refractivity contribution in [3.8, 4) is 0 Å². The monoisotopic (exact) mass is 365 g/mol. The van der Waals surface area contributed by atoms with Crippen LogP contribution in [0.25, 0.3) is 0 Å². The first kappa shape index (κ1) is 9.55. The first-order valence-electron chi connectivity index (χ1n) is 3.97. The summed E-state index contributed by atoms with van der Waals surface area (Å²) < 4.78 is 1.12. The molecular formula is C8H15I2-. The number of hydrogen-bond donors (Lipinski definition) is 0. The van der Waals surface area contributed by atoms with Crippen LogP contribution < -0.4 is 17.2 Å². The van der Waals surface area contributed by atoms with Gasteiger partial charge in [0.1, 0.15) is 0 Å². The van der Waals surface area contributed by atoms with Crippen molar-refractivity contribution >= 4 is 18.6 Å². The van der Waals surface area contributed by atoms with Gasteiger partial charge in [0.05, 0.1) is 0 Å². The molecule has 0 saturated heterocycles. The quantitative estimate of drug-likeness (QED) is 0.491. The van der Waals surface area contributed by atoms with E-state index in [9.17, 15) is 0 Å². The van der Waals surface area contributed by atoms with Crippen LogP contribution in [0, 0.1) is 5.41 Å². The summed E-state index contributed by atoms with van der Waals surface area (Å²) in [4.78, 5) is 0. The zero-order valence-corrected chi connectivity index (χ0v) is 11.0. The maximum absolute atomic E-state index is 2.65. The van der Waals surface area contributed by atoms with Crippen molar-refractivity contribution in [2.24, 2.45) is 5.41 Å². The summed E-state index contributed by atoms with van der Waals surface area (Å²) in [5, 5.41) is 0. The minimum absolute atomic E-state index is 0.478. The predicted octanol–water partition coefficient (Wildman–Crippen LogP) is 0.394. The Balaban J connectivity index is 2.56. The molecule has 62 valence electrons. The maximum atomic E-state index is 2.65. The van der Waals surface area contributed by atoms with Crippen molar-refractivity contribution in [3.63, 3.8) is 0 Å². The van der Waals surface area contributed by atoms with Crippen LogP contribution in [0.4, 0.5) is 0 Å². The Morgan fingerprint density at radius 1 is 1.70 bits per heavy atom. The molecule has 1 aliphatic carbocycles. The van der Waals surface area contributed by atoms with Gasteiger partial charge in [-0.15, -0.1) is 0 Å². The van der Waals surface area contributed by atoms with Gasteiger partial charge in [0, 0.05) is 0 Å². The molecule has 0 amide bonds. The minimum atomic E-state index is 0.478. The third-order valence-electron chi connectivity index (χ3n) is 2.87. The Labute approximate surface area is 84.0 Å². The molecule has 0 aromatic carbocycles. The molecule has 0 spiro atoms. The fraction of sp³-hybridized carbons (Fsp3) is 1.00. The van der Waals surface area contributed by atoms with Gasteiger partial charge in [-0.2, -0.15) is 0 Å². The van der Waals surface area contributed by atoms with Crippen molar-refractivity contribution in [1.82, 2.24) is 0 Å². The van der Waals surface area contributed by atoms with Crippen LogP contribution in [0.1, 0.15) is 39.5 Å². The molecular weight excluding hydrogens is 350 g/mol. The van der Waals surface area contributed by atoms with Crippen molar-refractivity contribution in [2.75, 3.05) is 0 Å². The molecule has 2 heteroatoms. The molecule has 0 aliphatic heterocycles. The van der Waals surface area contributed by atoms with E-state index in [0.717, 1.165) is 9.34 Å². The normalized spacial score (nSPS) is 40.9. The van der Waals surface area contributed by atoms with Gasteiger partial charge >= 0.3 is 84.7 Å². The third kappa shape index (κ3) is 1.79. The summed E-state index contributed by atoms with van der Waals surface area (Å²) in [7, 11) is 0. The molecule has 1 aliphatic rings. The van der Waals surface area contributed by atoms with Crippen molar-refractivity contribution in [2.45, 2.75) is 43.5 Å². The fourth-order valence-electron chi connectivity index (χ4n) is 1.73. The third-order valence-corrected chi connectivity index (χ3v) is 9.38. The Morgan fingerprint density at radius 3 is 2.80 bits per heavy atom. The van der Waals surface area contributed by atoms with Crippen LogP contribution in [0.3, 0.4) is 0 Å². The SMILES string of the molecule is CCC1(C)CCCC1[I-]I. The van der Waals surface area contributed by atoms with Crippen molar-refractivity contribution in [3.05, 3.63) is 0 Å². The fourth-order valence-corrected chi connectivity index (χ4v) is 9.12. The predicted molar refractivity (Wildman–Crippen MR) is 50.1 cm³/mol. The van der Waals surface area contributed by atoms with Crippen molar-refractivity contribution in [1.29, 1.82) is 0 Å². The molecule has 0 heterocycles. The first-order chi connectivity index (χ1) is 4.73. The number of hydrogen-bond acceptors (Lipinski definition) is 0.